The highest BCUT2D eigenvalue weighted by atomic mass is 15.1. The molecule has 0 radical (unpaired) electrons. The molecule has 2 heteroatoms. The summed E-state index contributed by atoms with van der Waals surface area (Å²) in [6.45, 7) is 4.16. The highest BCUT2D eigenvalue weighted by molar-refractivity contribution is 5.64. The van der Waals surface area contributed by atoms with Crippen LogP contribution in [-0.2, 0) is 13.0 Å². The van der Waals surface area contributed by atoms with Gasteiger partial charge in [0.15, 0.2) is 0 Å². The van der Waals surface area contributed by atoms with Crippen LogP contribution in [0, 0.1) is 6.92 Å². The summed E-state index contributed by atoms with van der Waals surface area (Å²) in [7, 11) is 0. The molecule has 0 bridgehead atoms. The van der Waals surface area contributed by atoms with Crippen LogP contribution >= 0.6 is 0 Å². The highest BCUT2D eigenvalue weighted by Gasteiger charge is 2.17. The molecule has 0 fully saturated rings. The number of benzene rings is 2. The number of nitrogen functional groups attached to an aromatic ring is 1. The normalized spacial score (nSPS) is 14.4. The second-order valence-corrected chi connectivity index (χ2v) is 4.93. The summed E-state index contributed by atoms with van der Waals surface area (Å²) in [4.78, 5) is 2.42. The molecule has 2 aromatic rings. The maximum absolute atomic E-state index is 6.00. The van der Waals surface area contributed by atoms with Gasteiger partial charge in [-0.25, -0.2) is 0 Å². The Kier molecular flexibility index (Phi) is 2.71. The molecule has 18 heavy (non-hydrogen) atoms. The van der Waals surface area contributed by atoms with Crippen molar-refractivity contribution in [3.63, 3.8) is 0 Å². The summed E-state index contributed by atoms with van der Waals surface area (Å²) < 4.78 is 0. The molecule has 2 aromatic carbocycles. The zero-order valence-corrected chi connectivity index (χ0v) is 10.7. The fourth-order valence-electron chi connectivity index (χ4n) is 2.68. The largest absolute Gasteiger partial charge is 0.398 e. The topological polar surface area (TPSA) is 29.3 Å². The van der Waals surface area contributed by atoms with E-state index in [0.717, 1.165) is 25.2 Å². The van der Waals surface area contributed by atoms with Crippen molar-refractivity contribution in [2.75, 3.05) is 17.2 Å². The lowest BCUT2D eigenvalue weighted by Crippen LogP contribution is -2.30. The van der Waals surface area contributed by atoms with E-state index in [-0.39, 0.29) is 0 Å². The van der Waals surface area contributed by atoms with Gasteiger partial charge in [-0.15, -0.1) is 0 Å². The Bertz CT molecular complexity index is 575. The molecule has 0 amide bonds. The molecule has 0 saturated carbocycles. The third kappa shape index (κ3) is 1.84. The third-order valence-corrected chi connectivity index (χ3v) is 3.82. The van der Waals surface area contributed by atoms with E-state index in [2.05, 4.69) is 42.2 Å². The molecule has 1 aliphatic rings. The minimum absolute atomic E-state index is 0.881. The van der Waals surface area contributed by atoms with Gasteiger partial charge in [-0.3, -0.25) is 0 Å². The number of nitrogens with two attached hydrogens (primary N) is 1. The lowest BCUT2D eigenvalue weighted by molar-refractivity contribution is 0.730. The van der Waals surface area contributed by atoms with Crippen LogP contribution in [0.3, 0.4) is 0 Å². The number of hydrogen-bond donors (Lipinski definition) is 1. The van der Waals surface area contributed by atoms with Crippen molar-refractivity contribution >= 4 is 11.4 Å². The smallest absolute Gasteiger partial charge is 0.0432 e. The molecular weight excluding hydrogens is 220 g/mol. The molecule has 1 aliphatic heterocycles. The van der Waals surface area contributed by atoms with Crippen LogP contribution in [0.25, 0.3) is 0 Å². The minimum atomic E-state index is 0.881. The van der Waals surface area contributed by atoms with E-state index < -0.39 is 0 Å². The zero-order valence-electron chi connectivity index (χ0n) is 10.7. The van der Waals surface area contributed by atoms with Crippen molar-refractivity contribution in [2.45, 2.75) is 19.9 Å². The van der Waals surface area contributed by atoms with Gasteiger partial charge in [0.2, 0.25) is 0 Å². The number of anilines is 2. The fraction of sp³-hybridized carbons (Fsp3) is 0.250. The summed E-state index contributed by atoms with van der Waals surface area (Å²) in [6, 6.07) is 14.9. The molecule has 3 rings (SSSR count). The standard InChI is InChI=1S/C16H18N2/c1-12-15(17)7-4-8-16(12)18-10-9-13-5-2-3-6-14(13)11-18/h2-8H,9-11,17H2,1H3. The third-order valence-electron chi connectivity index (χ3n) is 3.82. The van der Waals surface area contributed by atoms with Crippen molar-refractivity contribution in [1.29, 1.82) is 0 Å². The van der Waals surface area contributed by atoms with Gasteiger partial charge < -0.3 is 10.6 Å². The molecule has 0 unspecified atom stereocenters. The molecule has 92 valence electrons. The molecule has 0 aromatic heterocycles. The highest BCUT2D eigenvalue weighted by Crippen LogP contribution is 2.29. The molecule has 0 atom stereocenters. The van der Waals surface area contributed by atoms with Gasteiger partial charge in [0.05, 0.1) is 0 Å². The maximum Gasteiger partial charge on any atom is 0.0432 e. The molecule has 0 saturated heterocycles. The van der Waals surface area contributed by atoms with Gasteiger partial charge in [-0.2, -0.15) is 0 Å². The van der Waals surface area contributed by atoms with E-state index in [1.165, 1.54) is 22.4 Å². The summed E-state index contributed by atoms with van der Waals surface area (Å²) in [5.74, 6) is 0. The van der Waals surface area contributed by atoms with Crippen LogP contribution in [0.15, 0.2) is 42.5 Å². The molecule has 0 aliphatic carbocycles. The second-order valence-electron chi connectivity index (χ2n) is 4.93. The van der Waals surface area contributed by atoms with Crippen molar-refractivity contribution in [3.05, 3.63) is 59.2 Å². The average molecular weight is 238 g/mol. The van der Waals surface area contributed by atoms with Crippen LogP contribution in [0.4, 0.5) is 11.4 Å². The quantitative estimate of drug-likeness (QED) is 0.773. The Morgan fingerprint density at radius 1 is 1.00 bits per heavy atom. The first-order valence-corrected chi connectivity index (χ1v) is 6.42. The van der Waals surface area contributed by atoms with E-state index in [4.69, 9.17) is 5.73 Å². The lowest BCUT2D eigenvalue weighted by atomic mass is 9.98. The first-order valence-electron chi connectivity index (χ1n) is 6.42. The fourth-order valence-corrected chi connectivity index (χ4v) is 2.68. The van der Waals surface area contributed by atoms with E-state index in [1.807, 2.05) is 12.1 Å². The van der Waals surface area contributed by atoms with Gasteiger partial charge in [-0.1, -0.05) is 30.3 Å². The van der Waals surface area contributed by atoms with Crippen LogP contribution in [0.5, 0.6) is 0 Å². The number of rotatable bonds is 1. The van der Waals surface area contributed by atoms with Gasteiger partial charge in [0, 0.05) is 24.5 Å². The van der Waals surface area contributed by atoms with Gasteiger partial charge >= 0.3 is 0 Å². The van der Waals surface area contributed by atoms with Crippen molar-refractivity contribution in [1.82, 2.24) is 0 Å². The van der Waals surface area contributed by atoms with Crippen LogP contribution in [0.2, 0.25) is 0 Å². The van der Waals surface area contributed by atoms with Gasteiger partial charge in [0.1, 0.15) is 0 Å². The summed E-state index contributed by atoms with van der Waals surface area (Å²) in [6.07, 6.45) is 1.12. The van der Waals surface area contributed by atoms with Crippen molar-refractivity contribution in [3.8, 4) is 0 Å². The summed E-state index contributed by atoms with van der Waals surface area (Å²) >= 11 is 0. The van der Waals surface area contributed by atoms with Gasteiger partial charge in [-0.05, 0) is 42.2 Å². The molecule has 2 N–H and O–H groups in total. The van der Waals surface area contributed by atoms with E-state index >= 15 is 0 Å². The number of hydrogen-bond acceptors (Lipinski definition) is 2. The Morgan fingerprint density at radius 3 is 2.61 bits per heavy atom. The predicted molar refractivity (Wildman–Crippen MR) is 76.8 cm³/mol. The summed E-state index contributed by atoms with van der Waals surface area (Å²) in [5, 5.41) is 0. The molecule has 1 heterocycles. The first kappa shape index (κ1) is 11.1. The Hall–Kier alpha value is -1.96. The van der Waals surface area contributed by atoms with Crippen LogP contribution < -0.4 is 10.6 Å². The first-order chi connectivity index (χ1) is 8.75. The Labute approximate surface area is 108 Å². The minimum Gasteiger partial charge on any atom is -0.398 e. The van der Waals surface area contributed by atoms with E-state index in [1.54, 1.807) is 0 Å². The van der Waals surface area contributed by atoms with E-state index in [0.29, 0.717) is 0 Å². The maximum atomic E-state index is 6.00. The van der Waals surface area contributed by atoms with Crippen LogP contribution in [-0.4, -0.2) is 6.54 Å². The number of nitrogens with zero attached hydrogens (tertiary/aromatic N) is 1. The molecule has 0 spiro atoms. The monoisotopic (exact) mass is 238 g/mol. The summed E-state index contributed by atoms with van der Waals surface area (Å²) in [5.41, 5.74) is 12.3. The van der Waals surface area contributed by atoms with Gasteiger partial charge in [0.25, 0.3) is 0 Å². The van der Waals surface area contributed by atoms with Crippen LogP contribution in [0.1, 0.15) is 16.7 Å². The lowest BCUT2D eigenvalue weighted by Gasteiger charge is -2.32. The second kappa shape index (κ2) is 4.37. The SMILES string of the molecule is Cc1c(N)cccc1N1CCc2ccccc2C1. The zero-order chi connectivity index (χ0) is 12.5. The van der Waals surface area contributed by atoms with Crippen molar-refractivity contribution in [2.24, 2.45) is 0 Å². The molecular formula is C16H18N2. The molecule has 2 nitrogen and oxygen atoms in total. The van der Waals surface area contributed by atoms with Crippen molar-refractivity contribution < 1.29 is 0 Å². The number of fused-ring (bicyclic) bond motifs is 1. The predicted octanol–water partition coefficient (Wildman–Crippen LogP) is 3.14. The van der Waals surface area contributed by atoms with E-state index in [9.17, 15) is 0 Å². The average Bonchev–Trinajstić information content (AvgIpc) is 2.41. The Morgan fingerprint density at radius 2 is 1.78 bits per heavy atom. The Balaban J connectivity index is 1.94.